The average Bonchev–Trinajstić information content (AvgIpc) is 2.76. The Labute approximate surface area is 101 Å². The van der Waals surface area contributed by atoms with Crippen LogP contribution in [0.1, 0.15) is 52.4 Å². The molecule has 0 aromatic heterocycles. The molecule has 2 heteroatoms. The standard InChI is InChI=1S/C14H28N2/c1-3-9-15-13-8-10-16(11-13)14-6-4-12(2)5-7-14/h12-15H,3-11H2,1-2H3. The Kier molecular flexibility index (Phi) is 4.66. The lowest BCUT2D eigenvalue weighted by Crippen LogP contribution is -2.39. The second-order valence-electron chi connectivity index (χ2n) is 5.85. The van der Waals surface area contributed by atoms with E-state index in [4.69, 9.17) is 0 Å². The zero-order valence-corrected chi connectivity index (χ0v) is 11.0. The van der Waals surface area contributed by atoms with Gasteiger partial charge in [-0.2, -0.15) is 0 Å². The maximum absolute atomic E-state index is 3.67. The third-order valence-corrected chi connectivity index (χ3v) is 4.40. The van der Waals surface area contributed by atoms with Crippen LogP contribution in [0.5, 0.6) is 0 Å². The number of likely N-dealkylation sites (tertiary alicyclic amines) is 1. The summed E-state index contributed by atoms with van der Waals surface area (Å²) in [6.07, 6.45) is 8.43. The maximum atomic E-state index is 3.67. The zero-order valence-electron chi connectivity index (χ0n) is 11.0. The van der Waals surface area contributed by atoms with Gasteiger partial charge in [0.05, 0.1) is 0 Å². The monoisotopic (exact) mass is 224 g/mol. The summed E-state index contributed by atoms with van der Waals surface area (Å²) in [6.45, 7) is 8.49. The Bertz CT molecular complexity index is 197. The van der Waals surface area contributed by atoms with E-state index in [0.717, 1.165) is 18.0 Å². The van der Waals surface area contributed by atoms with Gasteiger partial charge in [-0.3, -0.25) is 4.90 Å². The van der Waals surface area contributed by atoms with Gasteiger partial charge in [-0.15, -0.1) is 0 Å². The van der Waals surface area contributed by atoms with Crippen molar-refractivity contribution in [2.45, 2.75) is 64.5 Å². The molecule has 2 nitrogen and oxygen atoms in total. The Morgan fingerprint density at radius 1 is 1.12 bits per heavy atom. The molecule has 1 atom stereocenters. The first-order valence-corrected chi connectivity index (χ1v) is 7.27. The molecule has 1 aliphatic carbocycles. The van der Waals surface area contributed by atoms with Crippen molar-refractivity contribution in [2.24, 2.45) is 5.92 Å². The molecule has 2 rings (SSSR count). The van der Waals surface area contributed by atoms with Crippen LogP contribution in [0.2, 0.25) is 0 Å². The molecule has 1 saturated heterocycles. The Balaban J connectivity index is 1.71. The molecular formula is C14H28N2. The van der Waals surface area contributed by atoms with Crippen LogP contribution >= 0.6 is 0 Å². The first-order valence-electron chi connectivity index (χ1n) is 7.27. The Morgan fingerprint density at radius 2 is 1.88 bits per heavy atom. The summed E-state index contributed by atoms with van der Waals surface area (Å²) in [5.74, 6) is 0.980. The van der Waals surface area contributed by atoms with Crippen LogP contribution in [-0.2, 0) is 0 Å². The third-order valence-electron chi connectivity index (χ3n) is 4.40. The zero-order chi connectivity index (χ0) is 11.4. The van der Waals surface area contributed by atoms with Gasteiger partial charge in [-0.25, -0.2) is 0 Å². The highest BCUT2D eigenvalue weighted by Gasteiger charge is 2.29. The SMILES string of the molecule is CCCNC1CCN(C2CCC(C)CC2)C1. The lowest BCUT2D eigenvalue weighted by atomic mass is 9.87. The van der Waals surface area contributed by atoms with E-state index >= 15 is 0 Å². The highest BCUT2D eigenvalue weighted by molar-refractivity contribution is 4.87. The van der Waals surface area contributed by atoms with E-state index in [0.29, 0.717) is 0 Å². The van der Waals surface area contributed by atoms with E-state index in [1.165, 1.54) is 58.2 Å². The largest absolute Gasteiger partial charge is 0.313 e. The van der Waals surface area contributed by atoms with Crippen molar-refractivity contribution in [1.29, 1.82) is 0 Å². The van der Waals surface area contributed by atoms with Gasteiger partial charge in [0.25, 0.3) is 0 Å². The highest BCUT2D eigenvalue weighted by atomic mass is 15.2. The molecule has 0 aromatic carbocycles. The molecule has 0 bridgehead atoms. The fourth-order valence-corrected chi connectivity index (χ4v) is 3.24. The molecule has 1 saturated carbocycles. The van der Waals surface area contributed by atoms with Crippen LogP contribution < -0.4 is 5.32 Å². The van der Waals surface area contributed by atoms with E-state index in [-0.39, 0.29) is 0 Å². The van der Waals surface area contributed by atoms with Gasteiger partial charge < -0.3 is 5.32 Å². The predicted molar refractivity (Wildman–Crippen MR) is 69.7 cm³/mol. The van der Waals surface area contributed by atoms with Crippen LogP contribution in [0, 0.1) is 5.92 Å². The maximum Gasteiger partial charge on any atom is 0.0207 e. The predicted octanol–water partition coefficient (Wildman–Crippen LogP) is 2.64. The molecule has 0 amide bonds. The number of nitrogens with one attached hydrogen (secondary N) is 1. The van der Waals surface area contributed by atoms with Gasteiger partial charge in [0, 0.05) is 25.2 Å². The minimum absolute atomic E-state index is 0.777. The summed E-state index contributed by atoms with van der Waals surface area (Å²) in [4.78, 5) is 2.75. The summed E-state index contributed by atoms with van der Waals surface area (Å²) in [7, 11) is 0. The third kappa shape index (κ3) is 3.21. The fourth-order valence-electron chi connectivity index (χ4n) is 3.24. The molecule has 1 N–H and O–H groups in total. The van der Waals surface area contributed by atoms with Gasteiger partial charge in [0.1, 0.15) is 0 Å². The summed E-state index contributed by atoms with van der Waals surface area (Å²) in [6, 6.07) is 1.68. The van der Waals surface area contributed by atoms with Gasteiger partial charge in [-0.1, -0.05) is 13.8 Å². The molecule has 94 valence electrons. The number of hydrogen-bond acceptors (Lipinski definition) is 2. The van der Waals surface area contributed by atoms with Crippen molar-refractivity contribution >= 4 is 0 Å². The summed E-state index contributed by atoms with van der Waals surface area (Å²) >= 11 is 0. The summed E-state index contributed by atoms with van der Waals surface area (Å²) in [5.41, 5.74) is 0. The normalized spacial score (nSPS) is 36.8. The first kappa shape index (κ1) is 12.4. The molecule has 2 aliphatic rings. The molecule has 1 heterocycles. The Hall–Kier alpha value is -0.0800. The van der Waals surface area contributed by atoms with Crippen LogP contribution in [-0.4, -0.2) is 36.6 Å². The van der Waals surface area contributed by atoms with Crippen LogP contribution in [0.3, 0.4) is 0 Å². The van der Waals surface area contributed by atoms with Crippen molar-refractivity contribution < 1.29 is 0 Å². The van der Waals surface area contributed by atoms with Gasteiger partial charge in [0.2, 0.25) is 0 Å². The number of rotatable bonds is 4. The first-order chi connectivity index (χ1) is 7.79. The summed E-state index contributed by atoms with van der Waals surface area (Å²) in [5, 5.41) is 3.67. The lowest BCUT2D eigenvalue weighted by molar-refractivity contribution is 0.166. The van der Waals surface area contributed by atoms with Crippen LogP contribution in [0.4, 0.5) is 0 Å². The van der Waals surface area contributed by atoms with Crippen molar-refractivity contribution in [3.63, 3.8) is 0 Å². The molecule has 16 heavy (non-hydrogen) atoms. The molecule has 0 spiro atoms. The number of hydrogen-bond donors (Lipinski definition) is 1. The Morgan fingerprint density at radius 3 is 2.56 bits per heavy atom. The molecule has 0 radical (unpaired) electrons. The van der Waals surface area contributed by atoms with E-state index < -0.39 is 0 Å². The molecule has 1 aliphatic heterocycles. The molecular weight excluding hydrogens is 196 g/mol. The van der Waals surface area contributed by atoms with E-state index in [2.05, 4.69) is 24.1 Å². The highest BCUT2D eigenvalue weighted by Crippen LogP contribution is 2.29. The van der Waals surface area contributed by atoms with Gasteiger partial charge >= 0.3 is 0 Å². The smallest absolute Gasteiger partial charge is 0.0207 e. The second-order valence-corrected chi connectivity index (χ2v) is 5.85. The van der Waals surface area contributed by atoms with Crippen molar-refractivity contribution in [3.8, 4) is 0 Å². The van der Waals surface area contributed by atoms with Crippen LogP contribution in [0.25, 0.3) is 0 Å². The van der Waals surface area contributed by atoms with Gasteiger partial charge in [-0.05, 0) is 51.0 Å². The average molecular weight is 224 g/mol. The molecule has 1 unspecified atom stereocenters. The minimum Gasteiger partial charge on any atom is -0.313 e. The topological polar surface area (TPSA) is 15.3 Å². The lowest BCUT2D eigenvalue weighted by Gasteiger charge is -2.33. The van der Waals surface area contributed by atoms with Crippen molar-refractivity contribution in [3.05, 3.63) is 0 Å². The molecule has 2 fully saturated rings. The number of nitrogens with zero attached hydrogens (tertiary/aromatic N) is 1. The minimum atomic E-state index is 0.777. The van der Waals surface area contributed by atoms with Crippen molar-refractivity contribution in [2.75, 3.05) is 19.6 Å². The van der Waals surface area contributed by atoms with Gasteiger partial charge in [0.15, 0.2) is 0 Å². The second kappa shape index (κ2) is 6.02. The summed E-state index contributed by atoms with van der Waals surface area (Å²) < 4.78 is 0. The quantitative estimate of drug-likeness (QED) is 0.790. The molecule has 0 aromatic rings. The fraction of sp³-hybridized carbons (Fsp3) is 1.00. The van der Waals surface area contributed by atoms with Crippen LogP contribution in [0.15, 0.2) is 0 Å². The van der Waals surface area contributed by atoms with E-state index in [1.807, 2.05) is 0 Å². The van der Waals surface area contributed by atoms with Crippen molar-refractivity contribution in [1.82, 2.24) is 10.2 Å². The van der Waals surface area contributed by atoms with E-state index in [9.17, 15) is 0 Å². The van der Waals surface area contributed by atoms with E-state index in [1.54, 1.807) is 0 Å².